The summed E-state index contributed by atoms with van der Waals surface area (Å²) < 4.78 is 0. The largest absolute Gasteiger partial charge is 0.339 e. The van der Waals surface area contributed by atoms with E-state index >= 15 is 0 Å². The maximum Gasteiger partial charge on any atom is 0.257 e. The van der Waals surface area contributed by atoms with Crippen molar-refractivity contribution in [2.24, 2.45) is 0 Å². The molecule has 3 rings (SSSR count). The second-order valence-electron chi connectivity index (χ2n) is 8.08. The Morgan fingerprint density at radius 1 is 1.06 bits per heavy atom. The van der Waals surface area contributed by atoms with Crippen LogP contribution in [0.3, 0.4) is 0 Å². The van der Waals surface area contributed by atoms with Crippen LogP contribution in [0.1, 0.15) is 64.3 Å². The molecule has 1 aromatic carbocycles. The van der Waals surface area contributed by atoms with Crippen molar-refractivity contribution in [1.82, 2.24) is 4.90 Å². The molecule has 1 aliphatic rings. The number of nitrogens with zero attached hydrogens (tertiary/aromatic N) is 1. The molecule has 0 spiro atoms. The van der Waals surface area contributed by atoms with Gasteiger partial charge in [-0.25, -0.2) is 0 Å². The molecule has 1 saturated heterocycles. The van der Waals surface area contributed by atoms with Gasteiger partial charge < -0.3 is 10.2 Å². The SMILES string of the molecule is Bc1ccc(C(=O)Nc2sc(C(/C=C\C)=C/C=C\C)c(C)c2C(=O)N2CCCCC2)cc1. The molecule has 2 amide bonds. The van der Waals surface area contributed by atoms with Crippen molar-refractivity contribution in [2.75, 3.05) is 18.4 Å². The highest BCUT2D eigenvalue weighted by atomic mass is 32.1. The van der Waals surface area contributed by atoms with Gasteiger partial charge in [0.15, 0.2) is 0 Å². The molecule has 0 saturated carbocycles. The first-order chi connectivity index (χ1) is 15.5. The van der Waals surface area contributed by atoms with Crippen molar-refractivity contribution < 1.29 is 9.59 Å². The normalized spacial score (nSPS) is 15.0. The molecule has 2 heterocycles. The van der Waals surface area contributed by atoms with Gasteiger partial charge in [0.1, 0.15) is 12.8 Å². The van der Waals surface area contributed by atoms with Crippen LogP contribution in [0.25, 0.3) is 5.57 Å². The fourth-order valence-corrected chi connectivity index (χ4v) is 5.06. The zero-order valence-corrected chi connectivity index (χ0v) is 20.2. The Hall–Kier alpha value is -2.86. The Balaban J connectivity index is 2.05. The van der Waals surface area contributed by atoms with E-state index in [9.17, 15) is 9.59 Å². The number of amides is 2. The molecule has 1 N–H and O–H groups in total. The second kappa shape index (κ2) is 11.1. The molecule has 1 fully saturated rings. The molecule has 0 aliphatic carbocycles. The zero-order valence-electron chi connectivity index (χ0n) is 19.4. The Morgan fingerprint density at radius 3 is 2.38 bits per heavy atom. The lowest BCUT2D eigenvalue weighted by Crippen LogP contribution is -2.36. The number of rotatable bonds is 6. The van der Waals surface area contributed by atoms with Gasteiger partial charge in [0.05, 0.1) is 5.56 Å². The number of benzene rings is 1. The van der Waals surface area contributed by atoms with Gasteiger partial charge in [0.2, 0.25) is 0 Å². The smallest absolute Gasteiger partial charge is 0.257 e. The van der Waals surface area contributed by atoms with Crippen LogP contribution in [0.4, 0.5) is 5.00 Å². The first-order valence-electron chi connectivity index (χ1n) is 11.2. The summed E-state index contributed by atoms with van der Waals surface area (Å²) in [6.07, 6.45) is 13.3. The molecular weight excluding hydrogens is 415 g/mol. The minimum absolute atomic E-state index is 0.00904. The van der Waals surface area contributed by atoms with Crippen molar-refractivity contribution in [2.45, 2.75) is 40.0 Å². The van der Waals surface area contributed by atoms with Crippen LogP contribution in [0.5, 0.6) is 0 Å². The van der Waals surface area contributed by atoms with Crippen LogP contribution >= 0.6 is 11.3 Å². The van der Waals surface area contributed by atoms with Gasteiger partial charge in [-0.3, -0.25) is 9.59 Å². The Morgan fingerprint density at radius 2 is 1.75 bits per heavy atom. The summed E-state index contributed by atoms with van der Waals surface area (Å²) >= 11 is 1.47. The average Bonchev–Trinajstić information content (AvgIpc) is 3.12. The fraction of sp³-hybridized carbons (Fsp3) is 0.308. The summed E-state index contributed by atoms with van der Waals surface area (Å²) in [4.78, 5) is 29.5. The van der Waals surface area contributed by atoms with Crippen LogP contribution in [0.15, 0.2) is 54.6 Å². The van der Waals surface area contributed by atoms with E-state index in [4.69, 9.17) is 0 Å². The Kier molecular flexibility index (Phi) is 8.29. The van der Waals surface area contributed by atoms with Gasteiger partial charge in [0.25, 0.3) is 11.8 Å². The third kappa shape index (κ3) is 5.49. The van der Waals surface area contributed by atoms with E-state index in [2.05, 4.69) is 5.32 Å². The minimum Gasteiger partial charge on any atom is -0.339 e. The van der Waals surface area contributed by atoms with E-state index in [1.54, 1.807) is 0 Å². The summed E-state index contributed by atoms with van der Waals surface area (Å²) in [5, 5.41) is 3.66. The van der Waals surface area contributed by atoms with E-state index < -0.39 is 0 Å². The molecule has 0 unspecified atom stereocenters. The molecule has 0 bridgehead atoms. The average molecular weight is 446 g/mol. The molecule has 0 radical (unpaired) electrons. The van der Waals surface area contributed by atoms with Gasteiger partial charge in [-0.05, 0) is 51.2 Å². The summed E-state index contributed by atoms with van der Waals surface area (Å²) in [6.45, 7) is 7.48. The number of carbonyl (C=O) groups is 2. The van der Waals surface area contributed by atoms with Gasteiger partial charge in [-0.15, -0.1) is 11.3 Å². The predicted molar refractivity (Wildman–Crippen MR) is 139 cm³/mol. The van der Waals surface area contributed by atoms with Gasteiger partial charge in [-0.2, -0.15) is 0 Å². The highest BCUT2D eigenvalue weighted by Gasteiger charge is 2.28. The molecular formula is C26H31BN2O2S. The summed E-state index contributed by atoms with van der Waals surface area (Å²) in [5.74, 6) is -0.190. The van der Waals surface area contributed by atoms with Crippen molar-refractivity contribution >= 4 is 47.0 Å². The van der Waals surface area contributed by atoms with Gasteiger partial charge >= 0.3 is 0 Å². The number of nitrogens with one attached hydrogen (secondary N) is 1. The molecule has 1 aromatic heterocycles. The van der Waals surface area contributed by atoms with Crippen LogP contribution in [-0.2, 0) is 0 Å². The molecule has 0 atom stereocenters. The van der Waals surface area contributed by atoms with Crippen LogP contribution in [0.2, 0.25) is 0 Å². The van der Waals surface area contributed by atoms with Crippen LogP contribution < -0.4 is 10.8 Å². The van der Waals surface area contributed by atoms with Crippen LogP contribution in [-0.4, -0.2) is 37.7 Å². The Labute approximate surface area is 196 Å². The van der Waals surface area contributed by atoms with E-state index in [1.807, 2.05) is 88.2 Å². The molecule has 32 heavy (non-hydrogen) atoms. The van der Waals surface area contributed by atoms with E-state index in [0.717, 1.165) is 53.8 Å². The fourth-order valence-electron chi connectivity index (χ4n) is 3.86. The highest BCUT2D eigenvalue weighted by Crippen LogP contribution is 2.39. The lowest BCUT2D eigenvalue weighted by atomic mass is 9.95. The van der Waals surface area contributed by atoms with Gasteiger partial charge in [-0.1, -0.05) is 60.1 Å². The zero-order chi connectivity index (χ0) is 23.1. The second-order valence-corrected chi connectivity index (χ2v) is 9.10. The molecule has 166 valence electrons. The number of likely N-dealkylation sites (tertiary alicyclic amines) is 1. The Bertz CT molecular complexity index is 1060. The lowest BCUT2D eigenvalue weighted by Gasteiger charge is -2.27. The number of hydrogen-bond acceptors (Lipinski definition) is 3. The van der Waals surface area contributed by atoms with E-state index in [1.165, 1.54) is 11.3 Å². The van der Waals surface area contributed by atoms with Crippen molar-refractivity contribution in [3.8, 4) is 0 Å². The maximum absolute atomic E-state index is 13.5. The third-order valence-electron chi connectivity index (χ3n) is 5.62. The van der Waals surface area contributed by atoms with Crippen molar-refractivity contribution in [3.05, 3.63) is 76.2 Å². The summed E-state index contributed by atoms with van der Waals surface area (Å²) in [7, 11) is 1.99. The van der Waals surface area contributed by atoms with Crippen molar-refractivity contribution in [1.29, 1.82) is 0 Å². The quantitative estimate of drug-likeness (QED) is 0.515. The minimum atomic E-state index is -0.199. The molecule has 2 aromatic rings. The standard InChI is InChI=1S/C26H31BN2O2S/c1-4-6-11-19(10-5-2)23-18(3)22(26(31)29-16-8-7-9-17-29)25(32-23)28-24(30)20-12-14-21(27)15-13-20/h4-6,10-15H,7-9,16-17,27H2,1-3H3,(H,28,30)/b6-4-,10-5-,19-11+. The lowest BCUT2D eigenvalue weighted by molar-refractivity contribution is 0.0725. The van der Waals surface area contributed by atoms with E-state index in [0.29, 0.717) is 16.1 Å². The van der Waals surface area contributed by atoms with Gasteiger partial charge in [0, 0.05) is 23.5 Å². The summed E-state index contributed by atoms with van der Waals surface area (Å²) in [5.41, 5.74) is 4.23. The first-order valence-corrected chi connectivity index (χ1v) is 12.0. The monoisotopic (exact) mass is 446 g/mol. The number of allylic oxidation sites excluding steroid dienone is 6. The predicted octanol–water partition coefficient (Wildman–Crippen LogP) is 4.73. The molecule has 6 heteroatoms. The number of carbonyl (C=O) groups excluding carboxylic acids is 2. The number of thiophene rings is 1. The van der Waals surface area contributed by atoms with Crippen molar-refractivity contribution in [3.63, 3.8) is 0 Å². The topological polar surface area (TPSA) is 49.4 Å². The molecule has 1 aliphatic heterocycles. The van der Waals surface area contributed by atoms with Crippen LogP contribution in [0, 0.1) is 6.92 Å². The number of piperidine rings is 1. The van der Waals surface area contributed by atoms with E-state index in [-0.39, 0.29) is 11.8 Å². The maximum atomic E-state index is 13.5. The third-order valence-corrected chi connectivity index (χ3v) is 6.88. The first kappa shape index (κ1) is 23.8. The number of anilines is 1. The molecule has 4 nitrogen and oxygen atoms in total. The number of hydrogen-bond donors (Lipinski definition) is 1. The summed E-state index contributed by atoms with van der Waals surface area (Å²) in [6, 6.07) is 7.47. The highest BCUT2D eigenvalue weighted by molar-refractivity contribution is 7.18.